The molecule has 0 saturated carbocycles. The minimum Gasteiger partial charge on any atom is -0.496 e. The van der Waals surface area contributed by atoms with Crippen LogP contribution >= 0.6 is 0 Å². The lowest BCUT2D eigenvalue weighted by molar-refractivity contribution is 0.166. The molecule has 144 valence electrons. The second-order valence-corrected chi connectivity index (χ2v) is 6.51. The number of nitrogens with zero attached hydrogens (tertiary/aromatic N) is 3. The zero-order chi connectivity index (χ0) is 19.3. The van der Waals surface area contributed by atoms with Gasteiger partial charge in [0.15, 0.2) is 0 Å². The van der Waals surface area contributed by atoms with E-state index in [0.29, 0.717) is 31.3 Å². The third kappa shape index (κ3) is 4.14. The summed E-state index contributed by atoms with van der Waals surface area (Å²) in [6.07, 6.45) is 1.78. The first-order chi connectivity index (χ1) is 13.7. The van der Waals surface area contributed by atoms with Crippen molar-refractivity contribution in [3.63, 3.8) is 0 Å². The Labute approximate surface area is 163 Å². The van der Waals surface area contributed by atoms with Crippen molar-refractivity contribution in [2.75, 3.05) is 30.4 Å². The molecule has 1 saturated heterocycles. The fourth-order valence-electron chi connectivity index (χ4n) is 3.02. The maximum atomic E-state index is 13.0. The van der Waals surface area contributed by atoms with Crippen molar-refractivity contribution in [1.29, 1.82) is 0 Å². The van der Waals surface area contributed by atoms with Crippen LogP contribution in [-0.2, 0) is 6.54 Å². The Bertz CT molecular complexity index is 930. The predicted molar refractivity (Wildman–Crippen MR) is 105 cm³/mol. The van der Waals surface area contributed by atoms with E-state index in [9.17, 15) is 4.39 Å². The predicted octanol–water partition coefficient (Wildman–Crippen LogP) is 3.50. The molecule has 1 fully saturated rings. The summed E-state index contributed by atoms with van der Waals surface area (Å²) < 4.78 is 24.2. The zero-order valence-corrected chi connectivity index (χ0v) is 15.5. The third-order valence-electron chi connectivity index (χ3n) is 4.54. The van der Waals surface area contributed by atoms with Crippen molar-refractivity contribution < 1.29 is 13.9 Å². The normalized spacial score (nSPS) is 13.7. The van der Waals surface area contributed by atoms with Gasteiger partial charge in [-0.2, -0.15) is 4.98 Å². The molecule has 6 nitrogen and oxygen atoms in total. The van der Waals surface area contributed by atoms with Crippen LogP contribution < -0.4 is 19.7 Å². The summed E-state index contributed by atoms with van der Waals surface area (Å²) >= 11 is 0. The van der Waals surface area contributed by atoms with Gasteiger partial charge < -0.3 is 19.7 Å². The summed E-state index contributed by atoms with van der Waals surface area (Å²) in [5, 5.41) is 3.31. The third-order valence-corrected chi connectivity index (χ3v) is 4.54. The molecule has 1 aliphatic heterocycles. The Morgan fingerprint density at radius 3 is 2.68 bits per heavy atom. The first-order valence-electron chi connectivity index (χ1n) is 9.07. The van der Waals surface area contributed by atoms with Gasteiger partial charge in [0.05, 0.1) is 20.2 Å². The quantitative estimate of drug-likeness (QED) is 0.677. The van der Waals surface area contributed by atoms with Gasteiger partial charge in [-0.05, 0) is 36.4 Å². The minimum atomic E-state index is -0.270. The van der Waals surface area contributed by atoms with Crippen LogP contribution in [0.3, 0.4) is 0 Å². The van der Waals surface area contributed by atoms with Crippen molar-refractivity contribution >= 4 is 11.8 Å². The van der Waals surface area contributed by atoms with Gasteiger partial charge in [0.25, 0.3) is 0 Å². The molecule has 0 aliphatic carbocycles. The maximum Gasteiger partial charge on any atom is 0.227 e. The molecule has 0 amide bonds. The number of nitrogens with one attached hydrogen (secondary N) is 1. The van der Waals surface area contributed by atoms with Crippen LogP contribution in [-0.4, -0.2) is 36.3 Å². The van der Waals surface area contributed by atoms with Gasteiger partial charge in [0.2, 0.25) is 5.95 Å². The second kappa shape index (κ2) is 8.12. The standard InChI is InChI=1S/C21H21FN4O2/c1-27-19-5-3-2-4-15(19)12-24-20-10-11-23-21(25-20)26-13-18(14-26)28-17-8-6-16(22)7-9-17/h2-11,18H,12-14H2,1H3,(H,23,24,25). The lowest BCUT2D eigenvalue weighted by Crippen LogP contribution is -2.54. The molecular formula is C21H21FN4O2. The number of hydrogen-bond acceptors (Lipinski definition) is 6. The SMILES string of the molecule is COc1ccccc1CNc1ccnc(N2CC(Oc3ccc(F)cc3)C2)n1. The first-order valence-corrected chi connectivity index (χ1v) is 9.07. The molecule has 2 aromatic carbocycles. The van der Waals surface area contributed by atoms with Crippen LogP contribution in [0.5, 0.6) is 11.5 Å². The molecule has 1 aliphatic rings. The summed E-state index contributed by atoms with van der Waals surface area (Å²) in [6, 6.07) is 15.8. The van der Waals surface area contributed by atoms with E-state index in [4.69, 9.17) is 9.47 Å². The molecule has 0 bridgehead atoms. The average molecular weight is 380 g/mol. The number of methoxy groups -OCH3 is 1. The van der Waals surface area contributed by atoms with Crippen molar-refractivity contribution in [1.82, 2.24) is 9.97 Å². The molecule has 0 atom stereocenters. The van der Waals surface area contributed by atoms with Gasteiger partial charge in [-0.15, -0.1) is 0 Å². The highest BCUT2D eigenvalue weighted by Crippen LogP contribution is 2.23. The molecule has 1 N–H and O–H groups in total. The van der Waals surface area contributed by atoms with Crippen molar-refractivity contribution in [3.05, 3.63) is 72.2 Å². The second-order valence-electron chi connectivity index (χ2n) is 6.51. The molecule has 1 aromatic heterocycles. The molecule has 0 spiro atoms. The Balaban J connectivity index is 1.32. The summed E-state index contributed by atoms with van der Waals surface area (Å²) in [4.78, 5) is 11.0. The van der Waals surface area contributed by atoms with E-state index in [-0.39, 0.29) is 11.9 Å². The van der Waals surface area contributed by atoms with Crippen molar-refractivity contribution in [2.24, 2.45) is 0 Å². The van der Waals surface area contributed by atoms with E-state index in [1.54, 1.807) is 25.4 Å². The monoisotopic (exact) mass is 380 g/mol. The van der Waals surface area contributed by atoms with E-state index in [1.807, 2.05) is 35.2 Å². The molecule has 28 heavy (non-hydrogen) atoms. The molecular weight excluding hydrogens is 359 g/mol. The lowest BCUT2D eigenvalue weighted by atomic mass is 10.2. The zero-order valence-electron chi connectivity index (χ0n) is 15.5. The molecule has 4 rings (SSSR count). The van der Waals surface area contributed by atoms with Gasteiger partial charge >= 0.3 is 0 Å². The van der Waals surface area contributed by atoms with Gasteiger partial charge in [0, 0.05) is 18.3 Å². The maximum absolute atomic E-state index is 13.0. The number of anilines is 2. The number of ether oxygens (including phenoxy) is 2. The fraction of sp³-hybridized carbons (Fsp3) is 0.238. The average Bonchev–Trinajstić information content (AvgIpc) is 2.70. The summed E-state index contributed by atoms with van der Waals surface area (Å²) in [5.41, 5.74) is 1.06. The summed E-state index contributed by atoms with van der Waals surface area (Å²) in [5.74, 6) is 2.64. The van der Waals surface area contributed by atoms with E-state index in [2.05, 4.69) is 15.3 Å². The number of para-hydroxylation sites is 1. The van der Waals surface area contributed by atoms with Crippen LogP contribution in [0.1, 0.15) is 5.56 Å². The van der Waals surface area contributed by atoms with Crippen LogP contribution in [0.4, 0.5) is 16.2 Å². The fourth-order valence-corrected chi connectivity index (χ4v) is 3.02. The minimum absolute atomic E-state index is 0.0410. The first kappa shape index (κ1) is 18.0. The number of aromatic nitrogens is 2. The smallest absolute Gasteiger partial charge is 0.227 e. The highest BCUT2D eigenvalue weighted by atomic mass is 19.1. The molecule has 3 aromatic rings. The van der Waals surface area contributed by atoms with E-state index in [1.165, 1.54) is 12.1 Å². The Hall–Kier alpha value is -3.35. The topological polar surface area (TPSA) is 59.5 Å². The summed E-state index contributed by atoms with van der Waals surface area (Å²) in [6.45, 7) is 1.98. The number of rotatable bonds is 7. The largest absolute Gasteiger partial charge is 0.496 e. The van der Waals surface area contributed by atoms with Gasteiger partial charge in [0.1, 0.15) is 29.2 Å². The van der Waals surface area contributed by atoms with Gasteiger partial charge in [-0.1, -0.05) is 18.2 Å². The highest BCUT2D eigenvalue weighted by molar-refractivity contribution is 5.45. The Kier molecular flexibility index (Phi) is 5.23. The van der Waals surface area contributed by atoms with Crippen LogP contribution in [0, 0.1) is 5.82 Å². The van der Waals surface area contributed by atoms with E-state index >= 15 is 0 Å². The Morgan fingerprint density at radius 1 is 1.11 bits per heavy atom. The molecule has 2 heterocycles. The van der Waals surface area contributed by atoms with Crippen LogP contribution in [0.25, 0.3) is 0 Å². The van der Waals surface area contributed by atoms with E-state index < -0.39 is 0 Å². The highest BCUT2D eigenvalue weighted by Gasteiger charge is 2.30. The van der Waals surface area contributed by atoms with Crippen molar-refractivity contribution in [3.8, 4) is 11.5 Å². The van der Waals surface area contributed by atoms with E-state index in [0.717, 1.165) is 17.1 Å². The number of hydrogen-bond donors (Lipinski definition) is 1. The number of halogens is 1. The lowest BCUT2D eigenvalue weighted by Gasteiger charge is -2.38. The van der Waals surface area contributed by atoms with Crippen molar-refractivity contribution in [2.45, 2.75) is 12.6 Å². The van der Waals surface area contributed by atoms with Gasteiger partial charge in [-0.3, -0.25) is 0 Å². The van der Waals surface area contributed by atoms with Crippen LogP contribution in [0.15, 0.2) is 60.8 Å². The molecule has 0 unspecified atom stereocenters. The van der Waals surface area contributed by atoms with Gasteiger partial charge in [-0.25, -0.2) is 9.37 Å². The Morgan fingerprint density at radius 2 is 1.89 bits per heavy atom. The van der Waals surface area contributed by atoms with Crippen LogP contribution in [0.2, 0.25) is 0 Å². The molecule has 0 radical (unpaired) electrons. The molecule has 7 heteroatoms. The summed E-state index contributed by atoms with van der Waals surface area (Å²) in [7, 11) is 1.66. The number of benzene rings is 2.